The normalized spacial score (nSPS) is 18.8. The lowest BCUT2D eigenvalue weighted by molar-refractivity contribution is 0.660. The molecule has 1 aliphatic rings. The van der Waals surface area contributed by atoms with Crippen molar-refractivity contribution < 1.29 is 27.7 Å². The minimum absolute atomic E-state index is 0.0685. The molecule has 0 unspecified atom stereocenters. The van der Waals surface area contributed by atoms with E-state index in [0.29, 0.717) is 11.1 Å². The second kappa shape index (κ2) is 9.19. The van der Waals surface area contributed by atoms with Gasteiger partial charge in [0.2, 0.25) is 0 Å². The number of hydrogen-bond acceptors (Lipinski definition) is 1. The van der Waals surface area contributed by atoms with Crippen molar-refractivity contribution in [2.45, 2.75) is 19.3 Å². The first kappa shape index (κ1) is 14.2. The maximum atomic E-state index is 9.85. The van der Waals surface area contributed by atoms with Gasteiger partial charge in [0.15, 0.2) is 0 Å². The van der Waals surface area contributed by atoms with Gasteiger partial charge in [0.05, 0.1) is 23.3 Å². The zero-order valence-electron chi connectivity index (χ0n) is 41.4. The zero-order chi connectivity index (χ0) is 45.4. The van der Waals surface area contributed by atoms with Crippen molar-refractivity contribution in [3.8, 4) is 33.4 Å². The van der Waals surface area contributed by atoms with E-state index in [0.717, 1.165) is 16.7 Å². The fraction of sp³-hybridized carbons (Fsp3) is 0.0667. The number of rotatable bonds is 2. The molecule has 0 saturated carbocycles. The molecule has 1 aliphatic carbocycles. The van der Waals surface area contributed by atoms with Gasteiger partial charge in [0.1, 0.15) is 11.2 Å². The third-order valence-corrected chi connectivity index (χ3v) is 9.14. The molecule has 0 aliphatic heterocycles. The number of fused-ring (bicyclic) bond motifs is 9. The van der Waals surface area contributed by atoms with Crippen LogP contribution in [0.5, 0.6) is 0 Å². The van der Waals surface area contributed by atoms with Crippen molar-refractivity contribution in [2.24, 2.45) is 0 Å². The molecule has 0 saturated heterocycles. The maximum absolute atomic E-state index is 9.85. The molecule has 0 N–H and O–H groups in total. The van der Waals surface area contributed by atoms with Gasteiger partial charge in [-0.15, -0.1) is 0 Å². The summed E-state index contributed by atoms with van der Waals surface area (Å²) in [6.45, 7) is 4.09. The molecule has 0 fully saturated rings. The van der Waals surface area contributed by atoms with Crippen LogP contribution in [0.25, 0.3) is 87.6 Å². The van der Waals surface area contributed by atoms with E-state index in [1.807, 2.05) is 44.2 Å². The Bertz CT molecular complexity index is 3600. The van der Waals surface area contributed by atoms with Gasteiger partial charge in [0, 0.05) is 16.2 Å². The molecule has 1 heteroatoms. The first-order chi connectivity index (χ1) is 29.7. The Kier molecular flexibility index (Phi) is 2.83. The van der Waals surface area contributed by atoms with Crippen LogP contribution >= 0.6 is 0 Å². The van der Waals surface area contributed by atoms with Crippen molar-refractivity contribution in [1.82, 2.24) is 0 Å². The second-order valence-corrected chi connectivity index (χ2v) is 11.9. The Morgan fingerprint density at radius 3 is 1.80 bits per heavy atom. The van der Waals surface area contributed by atoms with Gasteiger partial charge in [-0.1, -0.05) is 135 Å². The summed E-state index contributed by atoms with van der Waals surface area (Å²) in [6.07, 6.45) is 0. The molecular formula is C45H30O. The molecule has 46 heavy (non-hydrogen) atoms. The van der Waals surface area contributed by atoms with Crippen molar-refractivity contribution >= 4 is 54.3 Å². The van der Waals surface area contributed by atoms with Gasteiger partial charge in [-0.25, -0.2) is 0 Å². The fourth-order valence-corrected chi connectivity index (χ4v) is 7.09. The van der Waals surface area contributed by atoms with Crippen LogP contribution in [0.15, 0.2) is 150 Å². The average molecular weight is 604 g/mol. The van der Waals surface area contributed by atoms with Gasteiger partial charge in [-0.2, -0.15) is 0 Å². The first-order valence-electron chi connectivity index (χ1n) is 23.2. The predicted molar refractivity (Wildman–Crippen MR) is 195 cm³/mol. The van der Waals surface area contributed by atoms with Crippen LogP contribution in [-0.4, -0.2) is 0 Å². The maximum Gasteiger partial charge on any atom is 0.136 e. The van der Waals surface area contributed by atoms with Crippen molar-refractivity contribution in [1.29, 1.82) is 0 Å². The Balaban J connectivity index is 1.49. The molecule has 0 spiro atoms. The minimum atomic E-state index is -0.732. The summed E-state index contributed by atoms with van der Waals surface area (Å²) < 4.78 is 160. The van der Waals surface area contributed by atoms with Crippen LogP contribution in [0.2, 0.25) is 0 Å². The summed E-state index contributed by atoms with van der Waals surface area (Å²) in [5, 5.41) is -2.21. The molecule has 0 radical (unpaired) electrons. The summed E-state index contributed by atoms with van der Waals surface area (Å²) in [7, 11) is 0. The highest BCUT2D eigenvalue weighted by Crippen LogP contribution is 2.54. The first-order valence-corrected chi connectivity index (χ1v) is 14.7. The lowest BCUT2D eigenvalue weighted by atomic mass is 9.80. The molecule has 8 aromatic carbocycles. The van der Waals surface area contributed by atoms with Crippen molar-refractivity contribution in [3.05, 3.63) is 156 Å². The van der Waals surface area contributed by atoms with E-state index >= 15 is 0 Å². The molecule has 1 aromatic heterocycles. The molecule has 0 amide bonds. The average Bonchev–Trinajstić information content (AvgIpc) is 3.79. The molecule has 1 nitrogen and oxygen atoms in total. The summed E-state index contributed by atoms with van der Waals surface area (Å²) in [5.74, 6) is 0. The lowest BCUT2D eigenvalue weighted by Gasteiger charge is -2.22. The van der Waals surface area contributed by atoms with E-state index < -0.39 is 125 Å². The predicted octanol–water partition coefficient (Wildman–Crippen LogP) is 12.7. The van der Waals surface area contributed by atoms with E-state index in [4.69, 9.17) is 16.8 Å². The highest BCUT2D eigenvalue weighted by Gasteiger charge is 2.37. The largest absolute Gasteiger partial charge is 0.456 e. The zero-order valence-corrected chi connectivity index (χ0v) is 24.4. The number of furan rings is 1. The van der Waals surface area contributed by atoms with E-state index in [1.54, 1.807) is 12.1 Å². The van der Waals surface area contributed by atoms with E-state index in [-0.39, 0.29) is 54.2 Å². The smallest absolute Gasteiger partial charge is 0.136 e. The third kappa shape index (κ3) is 3.40. The highest BCUT2D eigenvalue weighted by molar-refractivity contribution is 6.23. The van der Waals surface area contributed by atoms with Crippen LogP contribution in [0, 0.1) is 0 Å². The number of benzene rings is 8. The summed E-state index contributed by atoms with van der Waals surface area (Å²) >= 11 is 0. The van der Waals surface area contributed by atoms with E-state index in [2.05, 4.69) is 0 Å². The molecule has 9 aromatic rings. The van der Waals surface area contributed by atoms with Crippen LogP contribution in [0.4, 0.5) is 0 Å². The van der Waals surface area contributed by atoms with Crippen molar-refractivity contribution in [3.63, 3.8) is 0 Å². The van der Waals surface area contributed by atoms with E-state index in [1.165, 1.54) is 0 Å². The van der Waals surface area contributed by atoms with Gasteiger partial charge >= 0.3 is 0 Å². The molecule has 10 rings (SSSR count). The van der Waals surface area contributed by atoms with Crippen molar-refractivity contribution in [2.75, 3.05) is 0 Å². The topological polar surface area (TPSA) is 13.1 Å². The summed E-state index contributed by atoms with van der Waals surface area (Å²) in [6, 6.07) is 2.22. The van der Waals surface area contributed by atoms with Gasteiger partial charge < -0.3 is 4.42 Å². The summed E-state index contributed by atoms with van der Waals surface area (Å²) in [5.41, 5.74) is 1.58. The van der Waals surface area contributed by atoms with Crippen LogP contribution in [-0.2, 0) is 5.41 Å². The molecule has 0 bridgehead atoms. The Hall–Kier alpha value is -5.66. The SMILES string of the molecule is [2H]c1c(-c2c3c([2H])c([2H])c([2H])c([2H])c3c(-c3cccc4c3-c3ccccc3C4(C)C)c3c([2H])c([2H])c([2H])c([2H])c23)c([2H])c2c(oc3c([2H])c4c([2H])c([2H])c([2H])c([2H])c4c([2H])c32)c1[2H]. The fourth-order valence-electron chi connectivity index (χ4n) is 7.09. The van der Waals surface area contributed by atoms with Gasteiger partial charge in [-0.05, 0) is 101 Å². The second-order valence-electron chi connectivity index (χ2n) is 11.9. The quantitative estimate of drug-likeness (QED) is 0.179. The minimum Gasteiger partial charge on any atom is -0.456 e. The highest BCUT2D eigenvalue weighted by atomic mass is 16.3. The molecule has 1 heterocycles. The third-order valence-electron chi connectivity index (χ3n) is 9.14. The van der Waals surface area contributed by atoms with Gasteiger partial charge in [-0.3, -0.25) is 0 Å². The van der Waals surface area contributed by atoms with Crippen LogP contribution < -0.4 is 0 Å². The van der Waals surface area contributed by atoms with Crippen LogP contribution in [0.3, 0.4) is 0 Å². The van der Waals surface area contributed by atoms with E-state index in [9.17, 15) is 11.0 Å². The summed E-state index contributed by atoms with van der Waals surface area (Å²) in [4.78, 5) is 0. The standard InChI is InChI=1S/C45H30O/c1-45(2)38-20-10-9-18-34(38)44-35(19-11-21-39(44)45)43-32-16-7-5-14-30(32)42(31-15-6-8-17-33(31)43)29-22-23-40-36(25-29)37-24-27-12-3-4-13-28(27)26-41(37)46-40/h3-26H,1-2H3/i3D,4D,5D,6D,7D,8D,12D,13D,14D,15D,16D,17D,22D,23D,24D,25D,26D. The van der Waals surface area contributed by atoms with Gasteiger partial charge in [0.25, 0.3) is 0 Å². The Morgan fingerprint density at radius 1 is 0.478 bits per heavy atom. The Labute approximate surface area is 291 Å². The lowest BCUT2D eigenvalue weighted by Crippen LogP contribution is -2.14. The molecule has 216 valence electrons. The van der Waals surface area contributed by atoms with Crippen LogP contribution in [0.1, 0.15) is 48.3 Å². The number of hydrogen-bond donors (Lipinski definition) is 0. The Morgan fingerprint density at radius 2 is 1.07 bits per heavy atom. The molecular weight excluding hydrogens is 556 g/mol. The monoisotopic (exact) mass is 603 g/mol. The molecule has 0 atom stereocenters.